The van der Waals surface area contributed by atoms with E-state index >= 15 is 0 Å². The number of nitrogens with zero attached hydrogens (tertiary/aromatic N) is 3. The van der Waals surface area contributed by atoms with Crippen LogP contribution in [0.25, 0.3) is 0 Å². The van der Waals surface area contributed by atoms with E-state index in [1.807, 2.05) is 0 Å². The zero-order valence-electron chi connectivity index (χ0n) is 14.2. The van der Waals surface area contributed by atoms with Crippen LogP contribution in [0.4, 0.5) is 8.78 Å². The van der Waals surface area contributed by atoms with Crippen molar-refractivity contribution in [3.05, 3.63) is 47.4 Å². The third-order valence-corrected chi connectivity index (χ3v) is 4.93. The molecule has 1 amide bonds. The van der Waals surface area contributed by atoms with Gasteiger partial charge in [-0.2, -0.15) is 0 Å². The molecule has 0 bridgehead atoms. The summed E-state index contributed by atoms with van der Waals surface area (Å²) in [5.41, 5.74) is 0.184. The molecule has 1 aromatic heterocycles. The SMILES string of the molecule is O=C(c1cc(COc2c(F)cccc2F)on1)N1CCN2CCC[C@@H]2C1. The normalized spacial score (nSPS) is 20.2. The molecule has 0 radical (unpaired) electrons. The lowest BCUT2D eigenvalue weighted by Gasteiger charge is -2.37. The van der Waals surface area contributed by atoms with E-state index in [1.54, 1.807) is 4.90 Å². The summed E-state index contributed by atoms with van der Waals surface area (Å²) in [5, 5.41) is 3.79. The molecule has 6 nitrogen and oxygen atoms in total. The monoisotopic (exact) mass is 363 g/mol. The number of para-hydroxylation sites is 1. The minimum atomic E-state index is -0.796. The zero-order chi connectivity index (χ0) is 18.1. The number of carbonyl (C=O) groups excluding carboxylic acids is 1. The molecule has 8 heteroatoms. The van der Waals surface area contributed by atoms with E-state index < -0.39 is 17.4 Å². The van der Waals surface area contributed by atoms with Crippen LogP contribution < -0.4 is 4.74 Å². The summed E-state index contributed by atoms with van der Waals surface area (Å²) >= 11 is 0. The molecule has 0 N–H and O–H groups in total. The zero-order valence-corrected chi connectivity index (χ0v) is 14.2. The third kappa shape index (κ3) is 3.29. The standard InChI is InChI=1S/C18H19F2N3O3/c19-14-4-1-5-15(20)17(14)25-11-13-9-16(21-26-13)18(24)23-8-7-22-6-2-3-12(22)10-23/h1,4-5,9,12H,2-3,6-8,10-11H2/t12-/m1/s1. The molecule has 0 unspecified atom stereocenters. The van der Waals surface area contributed by atoms with Gasteiger partial charge in [0.2, 0.25) is 0 Å². The number of aromatic nitrogens is 1. The van der Waals surface area contributed by atoms with E-state index in [2.05, 4.69) is 10.1 Å². The first-order valence-corrected chi connectivity index (χ1v) is 8.67. The number of piperazine rings is 1. The highest BCUT2D eigenvalue weighted by atomic mass is 19.1. The number of benzene rings is 1. The third-order valence-electron chi connectivity index (χ3n) is 4.93. The fourth-order valence-electron chi connectivity index (χ4n) is 3.58. The molecule has 4 rings (SSSR count). The predicted molar refractivity (Wildman–Crippen MR) is 87.7 cm³/mol. The van der Waals surface area contributed by atoms with Gasteiger partial charge in [0.25, 0.3) is 5.91 Å². The predicted octanol–water partition coefficient (Wildman–Crippen LogP) is 2.45. The molecule has 26 heavy (non-hydrogen) atoms. The first-order chi connectivity index (χ1) is 12.6. The molecular formula is C18H19F2N3O3. The van der Waals surface area contributed by atoms with Crippen LogP contribution in [0.5, 0.6) is 5.75 Å². The van der Waals surface area contributed by atoms with Gasteiger partial charge < -0.3 is 14.2 Å². The maximum absolute atomic E-state index is 13.6. The minimum absolute atomic E-state index is 0.184. The molecule has 2 aliphatic heterocycles. The van der Waals surface area contributed by atoms with Crippen LogP contribution in [0, 0.1) is 11.6 Å². The second-order valence-corrected chi connectivity index (χ2v) is 6.60. The Hall–Kier alpha value is -2.48. The Morgan fingerprint density at radius 3 is 2.88 bits per heavy atom. The summed E-state index contributed by atoms with van der Waals surface area (Å²) in [6, 6.07) is 5.35. The van der Waals surface area contributed by atoms with Gasteiger partial charge in [-0.05, 0) is 31.5 Å². The average molecular weight is 363 g/mol. The highest BCUT2D eigenvalue weighted by Gasteiger charge is 2.33. The number of carbonyl (C=O) groups is 1. The molecule has 1 aromatic carbocycles. The van der Waals surface area contributed by atoms with Crippen molar-refractivity contribution < 1.29 is 22.8 Å². The molecule has 1 atom stereocenters. The Bertz CT molecular complexity index is 790. The van der Waals surface area contributed by atoms with Crippen molar-refractivity contribution in [2.24, 2.45) is 0 Å². The van der Waals surface area contributed by atoms with Gasteiger partial charge in [0.1, 0.15) is 6.61 Å². The topological polar surface area (TPSA) is 58.8 Å². The van der Waals surface area contributed by atoms with Crippen LogP contribution in [0.15, 0.2) is 28.8 Å². The van der Waals surface area contributed by atoms with Crippen molar-refractivity contribution in [3.63, 3.8) is 0 Å². The highest BCUT2D eigenvalue weighted by Crippen LogP contribution is 2.24. The van der Waals surface area contributed by atoms with Gasteiger partial charge in [0.05, 0.1) is 0 Å². The van der Waals surface area contributed by atoms with E-state index in [9.17, 15) is 13.6 Å². The van der Waals surface area contributed by atoms with E-state index in [0.29, 0.717) is 19.1 Å². The van der Waals surface area contributed by atoms with E-state index in [-0.39, 0.29) is 24.0 Å². The Balaban J connectivity index is 1.39. The van der Waals surface area contributed by atoms with E-state index in [1.165, 1.54) is 18.6 Å². The smallest absolute Gasteiger partial charge is 0.276 e. The lowest BCUT2D eigenvalue weighted by molar-refractivity contribution is 0.0561. The highest BCUT2D eigenvalue weighted by molar-refractivity contribution is 5.92. The molecule has 2 saturated heterocycles. The number of hydrogen-bond donors (Lipinski definition) is 0. The molecule has 0 spiro atoms. The second-order valence-electron chi connectivity index (χ2n) is 6.60. The molecule has 2 aliphatic rings. The van der Waals surface area contributed by atoms with Crippen molar-refractivity contribution in [2.75, 3.05) is 26.2 Å². The van der Waals surface area contributed by atoms with Crippen LogP contribution in [0.3, 0.4) is 0 Å². The van der Waals surface area contributed by atoms with Crippen LogP contribution in [-0.4, -0.2) is 53.1 Å². The largest absolute Gasteiger partial charge is 0.479 e. The summed E-state index contributed by atoms with van der Waals surface area (Å²) in [6.45, 7) is 3.11. The van der Waals surface area contributed by atoms with Gasteiger partial charge in [-0.1, -0.05) is 11.2 Å². The molecule has 3 heterocycles. The van der Waals surface area contributed by atoms with Gasteiger partial charge in [0, 0.05) is 31.7 Å². The maximum Gasteiger partial charge on any atom is 0.276 e. The number of ether oxygens (including phenoxy) is 1. The fraction of sp³-hybridized carbons (Fsp3) is 0.444. The second kappa shape index (κ2) is 7.03. The Kier molecular flexibility index (Phi) is 4.58. The van der Waals surface area contributed by atoms with E-state index in [0.717, 1.165) is 31.6 Å². The van der Waals surface area contributed by atoms with Crippen LogP contribution >= 0.6 is 0 Å². The van der Waals surface area contributed by atoms with Gasteiger partial charge in [-0.25, -0.2) is 8.78 Å². The summed E-state index contributed by atoms with van der Waals surface area (Å²) < 4.78 is 37.3. The Morgan fingerprint density at radius 2 is 2.08 bits per heavy atom. The molecule has 0 aliphatic carbocycles. The summed E-state index contributed by atoms with van der Waals surface area (Å²) in [6.07, 6.45) is 2.28. The summed E-state index contributed by atoms with van der Waals surface area (Å²) in [7, 11) is 0. The lowest BCUT2D eigenvalue weighted by Crippen LogP contribution is -2.52. The molecule has 138 valence electrons. The Morgan fingerprint density at radius 1 is 1.27 bits per heavy atom. The number of halogens is 2. The summed E-state index contributed by atoms with van der Waals surface area (Å²) in [4.78, 5) is 16.8. The van der Waals surface area contributed by atoms with Crippen molar-refractivity contribution >= 4 is 5.91 Å². The van der Waals surface area contributed by atoms with Crippen LogP contribution in [0.1, 0.15) is 29.1 Å². The number of amides is 1. The van der Waals surface area contributed by atoms with Gasteiger partial charge in [0.15, 0.2) is 28.8 Å². The van der Waals surface area contributed by atoms with Gasteiger partial charge >= 0.3 is 0 Å². The number of hydrogen-bond acceptors (Lipinski definition) is 5. The molecule has 2 aromatic rings. The fourth-order valence-corrected chi connectivity index (χ4v) is 3.58. The summed E-state index contributed by atoms with van der Waals surface area (Å²) in [5.74, 6) is -2.03. The van der Waals surface area contributed by atoms with Gasteiger partial charge in [-0.15, -0.1) is 0 Å². The molecular weight excluding hydrogens is 344 g/mol. The quantitative estimate of drug-likeness (QED) is 0.835. The number of rotatable bonds is 4. The molecule has 2 fully saturated rings. The first kappa shape index (κ1) is 17.0. The van der Waals surface area contributed by atoms with Crippen LogP contribution in [0.2, 0.25) is 0 Å². The maximum atomic E-state index is 13.6. The minimum Gasteiger partial charge on any atom is -0.479 e. The average Bonchev–Trinajstić information content (AvgIpc) is 3.29. The lowest BCUT2D eigenvalue weighted by atomic mass is 10.1. The van der Waals surface area contributed by atoms with E-state index in [4.69, 9.17) is 9.26 Å². The molecule has 0 saturated carbocycles. The first-order valence-electron chi connectivity index (χ1n) is 8.67. The van der Waals surface area contributed by atoms with Crippen molar-refractivity contribution in [1.82, 2.24) is 15.0 Å². The van der Waals surface area contributed by atoms with Crippen molar-refractivity contribution in [1.29, 1.82) is 0 Å². The van der Waals surface area contributed by atoms with Gasteiger partial charge in [-0.3, -0.25) is 9.69 Å². The number of fused-ring (bicyclic) bond motifs is 1. The van der Waals surface area contributed by atoms with Crippen molar-refractivity contribution in [3.8, 4) is 5.75 Å². The van der Waals surface area contributed by atoms with Crippen molar-refractivity contribution in [2.45, 2.75) is 25.5 Å². The van der Waals surface area contributed by atoms with Crippen LogP contribution in [-0.2, 0) is 6.61 Å². The Labute approximate surface area is 149 Å².